The van der Waals surface area contributed by atoms with E-state index in [9.17, 15) is 18.3 Å². The van der Waals surface area contributed by atoms with Crippen molar-refractivity contribution in [3.63, 3.8) is 0 Å². The van der Waals surface area contributed by atoms with E-state index in [1.165, 1.54) is 23.6 Å². The molecule has 3 aromatic heterocycles. The third-order valence-electron chi connectivity index (χ3n) is 7.43. The standard InChI is InChI=1S/C36H39N5O7S2/c42-36(43)31(16-19-46-20-21-47-22-23-48-26-28-7-2-1-3-8-28)41-32-10-6-9-30(40-32)35(50(44,45)33-11-4-5-17-37-33)39-25-27-12-14-29(15-13-27)34-38-18-24-49-34/h1-15,17-18,24,31,35,39H,16,19-23,25-26H2,(H,40,41)(H,42,43). The number of rotatable bonds is 21. The van der Waals surface area contributed by atoms with Gasteiger partial charge in [-0.2, -0.15) is 0 Å². The number of sulfone groups is 1. The van der Waals surface area contributed by atoms with E-state index in [-0.39, 0.29) is 36.1 Å². The van der Waals surface area contributed by atoms with Crippen molar-refractivity contribution >= 4 is 33.0 Å². The molecule has 3 heterocycles. The Kier molecular flexibility index (Phi) is 13.9. The molecule has 0 bridgehead atoms. The molecule has 50 heavy (non-hydrogen) atoms. The molecule has 0 spiro atoms. The molecule has 0 aliphatic heterocycles. The summed E-state index contributed by atoms with van der Waals surface area (Å²) in [6.45, 7) is 2.41. The first-order chi connectivity index (χ1) is 24.4. The zero-order valence-corrected chi connectivity index (χ0v) is 28.9. The number of carboxylic acid groups (broad SMARTS) is 1. The lowest BCUT2D eigenvalue weighted by molar-refractivity contribution is -0.138. The predicted octanol–water partition coefficient (Wildman–Crippen LogP) is 5.37. The fourth-order valence-electron chi connectivity index (χ4n) is 4.87. The number of pyridine rings is 2. The maximum atomic E-state index is 13.8. The number of nitrogens with one attached hydrogen (secondary N) is 2. The maximum absolute atomic E-state index is 13.8. The number of thiazole rings is 1. The van der Waals surface area contributed by atoms with Gasteiger partial charge in [0.1, 0.15) is 16.9 Å². The van der Waals surface area contributed by atoms with Crippen LogP contribution < -0.4 is 10.6 Å². The van der Waals surface area contributed by atoms with Crippen molar-refractivity contribution in [3.8, 4) is 10.6 Å². The smallest absolute Gasteiger partial charge is 0.326 e. The second-order valence-corrected chi connectivity index (χ2v) is 13.9. The van der Waals surface area contributed by atoms with Crippen molar-refractivity contribution in [1.82, 2.24) is 20.3 Å². The number of aliphatic carboxylic acids is 1. The van der Waals surface area contributed by atoms with Crippen LogP contribution in [0.2, 0.25) is 0 Å². The zero-order valence-electron chi connectivity index (χ0n) is 27.3. The first kappa shape index (κ1) is 36.7. The summed E-state index contributed by atoms with van der Waals surface area (Å²) in [6.07, 6.45) is 3.31. The molecule has 12 nitrogen and oxygen atoms in total. The van der Waals surface area contributed by atoms with E-state index in [2.05, 4.69) is 25.6 Å². The molecule has 0 fully saturated rings. The van der Waals surface area contributed by atoms with E-state index in [1.807, 2.05) is 60.0 Å². The lowest BCUT2D eigenvalue weighted by Gasteiger charge is -2.20. The third kappa shape index (κ3) is 11.0. The molecule has 0 aliphatic rings. The topological polar surface area (TPSA) is 162 Å². The van der Waals surface area contributed by atoms with Crippen molar-refractivity contribution in [2.24, 2.45) is 0 Å². The van der Waals surface area contributed by atoms with Crippen LogP contribution in [0.1, 0.15) is 28.6 Å². The average molecular weight is 718 g/mol. The lowest BCUT2D eigenvalue weighted by Crippen LogP contribution is -2.32. The molecular weight excluding hydrogens is 679 g/mol. The van der Waals surface area contributed by atoms with Crippen LogP contribution in [-0.4, -0.2) is 73.5 Å². The van der Waals surface area contributed by atoms with Crippen molar-refractivity contribution < 1.29 is 32.5 Å². The summed E-state index contributed by atoms with van der Waals surface area (Å²) in [5, 5.41) is 17.4. The van der Waals surface area contributed by atoms with Crippen LogP contribution in [0.4, 0.5) is 5.82 Å². The molecule has 0 amide bonds. The van der Waals surface area contributed by atoms with Crippen LogP contribution in [0.3, 0.4) is 0 Å². The second kappa shape index (κ2) is 19.0. The largest absolute Gasteiger partial charge is 0.480 e. The number of benzene rings is 2. The van der Waals surface area contributed by atoms with Gasteiger partial charge < -0.3 is 24.6 Å². The number of aromatic nitrogens is 3. The molecule has 2 unspecified atom stereocenters. The SMILES string of the molecule is O=C(O)C(CCOCCOCCOCc1ccccc1)Nc1cccc(C(NCc2ccc(-c3nccs3)cc2)S(=O)(=O)c2ccccn2)n1. The average Bonchev–Trinajstić information content (AvgIpc) is 3.68. The van der Waals surface area contributed by atoms with Gasteiger partial charge in [0.15, 0.2) is 10.4 Å². The number of carbonyl (C=O) groups is 1. The van der Waals surface area contributed by atoms with Gasteiger partial charge in [-0.3, -0.25) is 5.32 Å². The number of hydrogen-bond donors (Lipinski definition) is 3. The van der Waals surface area contributed by atoms with Gasteiger partial charge in [0.2, 0.25) is 9.84 Å². The minimum Gasteiger partial charge on any atom is -0.480 e. The number of hydrogen-bond acceptors (Lipinski definition) is 12. The Balaban J connectivity index is 1.15. The molecule has 0 saturated carbocycles. The van der Waals surface area contributed by atoms with E-state index >= 15 is 0 Å². The predicted molar refractivity (Wildman–Crippen MR) is 190 cm³/mol. The molecular formula is C36H39N5O7S2. The summed E-state index contributed by atoms with van der Waals surface area (Å²) in [4.78, 5) is 25.0. The second-order valence-electron chi connectivity index (χ2n) is 11.0. The van der Waals surface area contributed by atoms with Gasteiger partial charge in [0.25, 0.3) is 0 Å². The Morgan fingerprint density at radius 2 is 1.52 bits per heavy atom. The van der Waals surface area contributed by atoms with Crippen molar-refractivity contribution in [2.75, 3.05) is 38.4 Å². The first-order valence-electron chi connectivity index (χ1n) is 16.0. The molecule has 2 atom stereocenters. The van der Waals surface area contributed by atoms with Crippen LogP contribution >= 0.6 is 11.3 Å². The van der Waals surface area contributed by atoms with Gasteiger partial charge >= 0.3 is 5.97 Å². The Morgan fingerprint density at radius 1 is 0.780 bits per heavy atom. The van der Waals surface area contributed by atoms with Gasteiger partial charge in [0, 0.05) is 42.9 Å². The maximum Gasteiger partial charge on any atom is 0.326 e. The summed E-state index contributed by atoms with van der Waals surface area (Å²) in [6, 6.07) is 26.0. The molecule has 0 aliphatic carbocycles. The van der Waals surface area contributed by atoms with Gasteiger partial charge in [0.05, 0.1) is 38.7 Å². The summed E-state index contributed by atoms with van der Waals surface area (Å²) in [5.41, 5.74) is 3.10. The van der Waals surface area contributed by atoms with Gasteiger partial charge in [-0.25, -0.2) is 28.2 Å². The monoisotopic (exact) mass is 717 g/mol. The minimum atomic E-state index is -4.05. The van der Waals surface area contributed by atoms with Gasteiger partial charge in [-0.15, -0.1) is 11.3 Å². The Bertz CT molecular complexity index is 1850. The van der Waals surface area contributed by atoms with Crippen LogP contribution in [0.5, 0.6) is 0 Å². The van der Waals surface area contributed by atoms with Crippen molar-refractivity contribution in [2.45, 2.75) is 36.0 Å². The van der Waals surface area contributed by atoms with Crippen LogP contribution in [-0.2, 0) is 42.0 Å². The van der Waals surface area contributed by atoms with Gasteiger partial charge in [-0.1, -0.05) is 66.7 Å². The normalized spacial score (nSPS) is 12.7. The number of nitrogens with zero attached hydrogens (tertiary/aromatic N) is 3. The van der Waals surface area contributed by atoms with Crippen LogP contribution in [0, 0.1) is 0 Å². The first-order valence-corrected chi connectivity index (χ1v) is 18.4. The fourth-order valence-corrected chi connectivity index (χ4v) is 6.98. The molecule has 0 saturated heterocycles. The van der Waals surface area contributed by atoms with Crippen molar-refractivity contribution in [3.05, 3.63) is 126 Å². The highest BCUT2D eigenvalue weighted by Gasteiger charge is 2.31. The highest BCUT2D eigenvalue weighted by atomic mass is 32.2. The van der Waals surface area contributed by atoms with E-state index in [4.69, 9.17) is 14.2 Å². The molecule has 2 aromatic carbocycles. The van der Waals surface area contributed by atoms with Gasteiger partial charge in [-0.05, 0) is 35.4 Å². The summed E-state index contributed by atoms with van der Waals surface area (Å²) in [5.74, 6) is -0.880. The summed E-state index contributed by atoms with van der Waals surface area (Å²) in [7, 11) is -4.05. The number of anilines is 1. The highest BCUT2D eigenvalue weighted by Crippen LogP contribution is 2.27. The highest BCUT2D eigenvalue weighted by molar-refractivity contribution is 7.91. The number of carboxylic acids is 1. The number of ether oxygens (including phenoxy) is 3. The van der Waals surface area contributed by atoms with E-state index in [0.29, 0.717) is 33.0 Å². The Morgan fingerprint density at radius 3 is 2.22 bits per heavy atom. The van der Waals surface area contributed by atoms with E-state index < -0.39 is 27.2 Å². The molecule has 14 heteroatoms. The molecule has 5 rings (SSSR count). The molecule has 0 radical (unpaired) electrons. The Labute approximate surface area is 295 Å². The Hall–Kier alpha value is -4.57. The van der Waals surface area contributed by atoms with Crippen LogP contribution in [0.15, 0.2) is 114 Å². The lowest BCUT2D eigenvalue weighted by atomic mass is 10.1. The molecule has 3 N–H and O–H groups in total. The van der Waals surface area contributed by atoms with E-state index in [0.717, 1.165) is 21.7 Å². The van der Waals surface area contributed by atoms with Crippen LogP contribution in [0.25, 0.3) is 10.6 Å². The zero-order chi connectivity index (χ0) is 35.0. The minimum absolute atomic E-state index is 0.110. The molecule has 5 aromatic rings. The summed E-state index contributed by atoms with van der Waals surface area (Å²) < 4.78 is 44.4. The fraction of sp³-hybridized carbons (Fsp3) is 0.278. The molecule has 262 valence electrons. The summed E-state index contributed by atoms with van der Waals surface area (Å²) >= 11 is 1.54. The quantitative estimate of drug-likeness (QED) is 0.0834. The third-order valence-corrected chi connectivity index (χ3v) is 10.1. The van der Waals surface area contributed by atoms with Crippen molar-refractivity contribution in [1.29, 1.82) is 0 Å². The van der Waals surface area contributed by atoms with E-state index in [1.54, 1.807) is 36.5 Å².